The van der Waals surface area contributed by atoms with Gasteiger partial charge in [0.2, 0.25) is 5.88 Å². The number of aromatic nitrogens is 4. The predicted octanol–water partition coefficient (Wildman–Crippen LogP) is 11.4. The van der Waals surface area contributed by atoms with E-state index in [1.807, 2.05) is 71.5 Å². The molecule has 0 spiro atoms. The van der Waals surface area contributed by atoms with E-state index in [0.29, 0.717) is 11.6 Å². The number of ether oxygens (including phenoxy) is 2. The van der Waals surface area contributed by atoms with Gasteiger partial charge in [0.05, 0.1) is 28.0 Å². The Morgan fingerprint density at radius 3 is 2.06 bits per heavy atom. The van der Waals surface area contributed by atoms with Crippen molar-refractivity contribution in [3.8, 4) is 45.8 Å². The van der Waals surface area contributed by atoms with Crippen molar-refractivity contribution in [2.45, 2.75) is 40.5 Å². The second kappa shape index (κ2) is 13.1. The molecule has 0 fully saturated rings. The molecule has 3 aromatic heterocycles. The molecule has 246 valence electrons. The van der Waals surface area contributed by atoms with E-state index in [0.717, 1.165) is 69.1 Å². The normalized spacial score (nSPS) is 11.4. The zero-order chi connectivity index (χ0) is 34.2. The maximum Gasteiger partial charge on any atom is 0.246 e. The molecule has 0 aliphatic carbocycles. The van der Waals surface area contributed by atoms with Crippen LogP contribution in [-0.2, 0) is 12.8 Å². The molecular formula is C44H38N4O2. The minimum absolute atomic E-state index is 0.582. The van der Waals surface area contributed by atoms with E-state index >= 15 is 0 Å². The number of aryl methyl sites for hydroxylation is 3. The van der Waals surface area contributed by atoms with Crippen molar-refractivity contribution >= 4 is 21.8 Å². The molecule has 6 heteroatoms. The molecule has 0 unspecified atom stereocenters. The SMILES string of the molecule is CCc1cccc(CC)c1-c1c(Oc2ccccc2)nn(-c2cccc(Oc3ccc4c5ccccc5n(-c5cc(C)ccn5)c4c3)c2)c1C. The van der Waals surface area contributed by atoms with Crippen molar-refractivity contribution in [3.63, 3.8) is 0 Å². The van der Waals surface area contributed by atoms with Crippen LogP contribution in [0.25, 0.3) is 44.4 Å². The summed E-state index contributed by atoms with van der Waals surface area (Å²) in [5, 5.41) is 7.42. The predicted molar refractivity (Wildman–Crippen MR) is 202 cm³/mol. The monoisotopic (exact) mass is 654 g/mol. The van der Waals surface area contributed by atoms with Crippen LogP contribution >= 0.6 is 0 Å². The quantitative estimate of drug-likeness (QED) is 0.155. The van der Waals surface area contributed by atoms with Crippen LogP contribution in [0.15, 0.2) is 134 Å². The molecule has 0 radical (unpaired) electrons. The van der Waals surface area contributed by atoms with E-state index < -0.39 is 0 Å². The van der Waals surface area contributed by atoms with Gasteiger partial charge in [-0.3, -0.25) is 4.57 Å². The Balaban J connectivity index is 1.21. The smallest absolute Gasteiger partial charge is 0.246 e. The highest BCUT2D eigenvalue weighted by atomic mass is 16.5. The van der Waals surface area contributed by atoms with Crippen molar-refractivity contribution in [1.82, 2.24) is 19.3 Å². The highest BCUT2D eigenvalue weighted by molar-refractivity contribution is 6.09. The molecule has 0 atom stereocenters. The van der Waals surface area contributed by atoms with E-state index in [1.54, 1.807) is 0 Å². The maximum absolute atomic E-state index is 6.58. The summed E-state index contributed by atoms with van der Waals surface area (Å²) in [6.07, 6.45) is 3.68. The fourth-order valence-electron chi connectivity index (χ4n) is 6.97. The molecule has 5 aromatic carbocycles. The van der Waals surface area contributed by atoms with Crippen molar-refractivity contribution in [3.05, 3.63) is 156 Å². The van der Waals surface area contributed by atoms with Gasteiger partial charge in [-0.25, -0.2) is 9.67 Å². The minimum atomic E-state index is 0.582. The third-order valence-electron chi connectivity index (χ3n) is 9.36. The van der Waals surface area contributed by atoms with Gasteiger partial charge < -0.3 is 9.47 Å². The average molecular weight is 655 g/mol. The molecule has 8 aromatic rings. The molecular weight excluding hydrogens is 617 g/mol. The first-order valence-electron chi connectivity index (χ1n) is 17.2. The van der Waals surface area contributed by atoms with E-state index in [1.165, 1.54) is 22.1 Å². The molecule has 8 rings (SSSR count). The highest BCUT2D eigenvalue weighted by Gasteiger charge is 2.24. The Morgan fingerprint density at radius 1 is 0.580 bits per heavy atom. The lowest BCUT2D eigenvalue weighted by Gasteiger charge is -2.15. The third-order valence-corrected chi connectivity index (χ3v) is 9.36. The summed E-state index contributed by atoms with van der Waals surface area (Å²) in [7, 11) is 0. The summed E-state index contributed by atoms with van der Waals surface area (Å²) in [4.78, 5) is 4.73. The molecule has 0 N–H and O–H groups in total. The molecule has 6 nitrogen and oxygen atoms in total. The topological polar surface area (TPSA) is 54.1 Å². The first kappa shape index (κ1) is 31.1. The van der Waals surface area contributed by atoms with Gasteiger partial charge in [0.15, 0.2) is 0 Å². The van der Waals surface area contributed by atoms with Gasteiger partial charge in [0.1, 0.15) is 23.1 Å². The number of benzene rings is 5. The van der Waals surface area contributed by atoms with Crippen molar-refractivity contribution in [1.29, 1.82) is 0 Å². The number of fused-ring (bicyclic) bond motifs is 3. The Labute approximate surface area is 292 Å². The van der Waals surface area contributed by atoms with E-state index in [4.69, 9.17) is 19.6 Å². The third kappa shape index (κ3) is 5.59. The molecule has 0 bridgehead atoms. The molecule has 0 saturated heterocycles. The lowest BCUT2D eigenvalue weighted by atomic mass is 9.92. The van der Waals surface area contributed by atoms with Crippen LogP contribution in [0.5, 0.6) is 23.1 Å². The van der Waals surface area contributed by atoms with Crippen LogP contribution in [0.2, 0.25) is 0 Å². The number of rotatable bonds is 9. The van der Waals surface area contributed by atoms with Gasteiger partial charge in [-0.15, -0.1) is 5.10 Å². The van der Waals surface area contributed by atoms with Crippen molar-refractivity contribution in [2.24, 2.45) is 0 Å². The molecule has 3 heterocycles. The first-order chi connectivity index (χ1) is 24.5. The van der Waals surface area contributed by atoms with Crippen molar-refractivity contribution < 1.29 is 9.47 Å². The fourth-order valence-corrected chi connectivity index (χ4v) is 6.97. The Kier molecular flexibility index (Phi) is 8.13. The zero-order valence-corrected chi connectivity index (χ0v) is 28.7. The Morgan fingerprint density at radius 2 is 1.28 bits per heavy atom. The summed E-state index contributed by atoms with van der Waals surface area (Å²) in [6.45, 7) is 8.61. The number of hydrogen-bond donors (Lipinski definition) is 0. The highest BCUT2D eigenvalue weighted by Crippen LogP contribution is 2.41. The van der Waals surface area contributed by atoms with Crippen LogP contribution < -0.4 is 9.47 Å². The number of para-hydroxylation sites is 2. The number of pyridine rings is 1. The molecule has 0 saturated carbocycles. The van der Waals surface area contributed by atoms with Gasteiger partial charge in [-0.1, -0.05) is 74.5 Å². The Hall–Kier alpha value is -6.14. The summed E-state index contributed by atoms with van der Waals surface area (Å²) < 4.78 is 17.3. The van der Waals surface area contributed by atoms with Crippen LogP contribution in [0.1, 0.15) is 36.2 Å². The first-order valence-corrected chi connectivity index (χ1v) is 17.2. The summed E-state index contributed by atoms with van der Waals surface area (Å²) in [5.74, 6) is 3.66. The molecule has 0 amide bonds. The second-order valence-electron chi connectivity index (χ2n) is 12.6. The Bertz CT molecular complexity index is 2470. The zero-order valence-electron chi connectivity index (χ0n) is 28.7. The average Bonchev–Trinajstić information content (AvgIpc) is 3.65. The fraction of sp³-hybridized carbons (Fsp3) is 0.136. The van der Waals surface area contributed by atoms with Gasteiger partial charge in [-0.05, 0) is 104 Å². The van der Waals surface area contributed by atoms with Gasteiger partial charge in [0, 0.05) is 29.1 Å². The van der Waals surface area contributed by atoms with Crippen LogP contribution in [0.3, 0.4) is 0 Å². The minimum Gasteiger partial charge on any atom is -0.457 e. The summed E-state index contributed by atoms with van der Waals surface area (Å²) in [5.41, 5.74) is 9.94. The standard InChI is InChI=1S/C44H38N4O2/c1-5-31-14-12-15-32(6-2)43(31)42-30(4)48(46-44(42)50-34-17-8-7-9-18-34)33-16-13-19-35(27-33)49-36-22-23-38-37-20-10-11-21-39(37)47(40(38)28-36)41-26-29(3)24-25-45-41/h7-28H,5-6H2,1-4H3. The van der Waals surface area contributed by atoms with Gasteiger partial charge in [-0.2, -0.15) is 0 Å². The van der Waals surface area contributed by atoms with Crippen molar-refractivity contribution in [2.75, 3.05) is 0 Å². The maximum atomic E-state index is 6.58. The lowest BCUT2D eigenvalue weighted by Crippen LogP contribution is -2.00. The molecule has 0 aliphatic rings. The van der Waals surface area contributed by atoms with Crippen LogP contribution in [0, 0.1) is 13.8 Å². The van der Waals surface area contributed by atoms with E-state index in [9.17, 15) is 0 Å². The molecule has 0 aliphatic heterocycles. The summed E-state index contributed by atoms with van der Waals surface area (Å²) >= 11 is 0. The lowest BCUT2D eigenvalue weighted by molar-refractivity contribution is 0.458. The van der Waals surface area contributed by atoms with Crippen LogP contribution in [-0.4, -0.2) is 19.3 Å². The van der Waals surface area contributed by atoms with E-state index in [2.05, 4.69) is 99.0 Å². The molecule has 50 heavy (non-hydrogen) atoms. The number of hydrogen-bond acceptors (Lipinski definition) is 4. The summed E-state index contributed by atoms with van der Waals surface area (Å²) in [6, 6.07) is 43.3. The van der Waals surface area contributed by atoms with Gasteiger partial charge in [0.25, 0.3) is 0 Å². The van der Waals surface area contributed by atoms with Gasteiger partial charge >= 0.3 is 0 Å². The largest absolute Gasteiger partial charge is 0.457 e. The second-order valence-corrected chi connectivity index (χ2v) is 12.6. The number of nitrogens with zero attached hydrogens (tertiary/aromatic N) is 4. The van der Waals surface area contributed by atoms with E-state index in [-0.39, 0.29) is 0 Å². The van der Waals surface area contributed by atoms with Crippen LogP contribution in [0.4, 0.5) is 0 Å².